The lowest BCUT2D eigenvalue weighted by Gasteiger charge is -2.02. The zero-order chi connectivity index (χ0) is 9.68. The Bertz CT molecular complexity index is 292. The Morgan fingerprint density at radius 1 is 1.38 bits per heavy atom. The van der Waals surface area contributed by atoms with E-state index in [1.807, 2.05) is 37.4 Å². The molecular weight excluding hydrogens is 202 g/mol. The molecule has 0 bridgehead atoms. The molecule has 1 aromatic carbocycles. The van der Waals surface area contributed by atoms with Gasteiger partial charge in [0.1, 0.15) is 0 Å². The molecule has 0 amide bonds. The number of rotatable bonds is 2. The van der Waals surface area contributed by atoms with Gasteiger partial charge in [-0.1, -0.05) is 23.7 Å². The van der Waals surface area contributed by atoms with Crippen LogP contribution < -0.4 is 0 Å². The van der Waals surface area contributed by atoms with Crippen molar-refractivity contribution in [2.45, 2.75) is 6.92 Å². The normalized spacial score (nSPS) is 11.8. The number of aliphatic imine (C=N–C) groups is 1. The number of benzene rings is 1. The lowest BCUT2D eigenvalue weighted by molar-refractivity contribution is 1.14. The Balaban J connectivity index is 2.92. The fourth-order valence-electron chi connectivity index (χ4n) is 1.01. The second kappa shape index (κ2) is 5.30. The van der Waals surface area contributed by atoms with Crippen LogP contribution in [0.25, 0.3) is 0 Å². The second-order valence-corrected chi connectivity index (χ2v) is 3.72. The molecule has 0 aliphatic carbocycles. The molecule has 0 unspecified atom stereocenters. The van der Waals surface area contributed by atoms with E-state index in [2.05, 4.69) is 4.99 Å². The molecule has 1 aromatic rings. The molecule has 0 N–H and O–H groups in total. The zero-order valence-electron chi connectivity index (χ0n) is 7.75. The molecule has 0 spiro atoms. The van der Waals surface area contributed by atoms with Crippen LogP contribution in [-0.2, 0) is 0 Å². The molecule has 1 rings (SSSR count). The first-order valence-corrected chi connectivity index (χ1v) is 5.72. The van der Waals surface area contributed by atoms with Crippen LogP contribution in [0.1, 0.15) is 12.5 Å². The summed E-state index contributed by atoms with van der Waals surface area (Å²) in [4.78, 5) is 4.38. The fourth-order valence-corrected chi connectivity index (χ4v) is 1.77. The van der Waals surface area contributed by atoms with Crippen LogP contribution in [-0.4, -0.2) is 17.8 Å². The Kier molecular flexibility index (Phi) is 4.33. The molecule has 0 aliphatic heterocycles. The van der Waals surface area contributed by atoms with E-state index in [0.29, 0.717) is 0 Å². The minimum absolute atomic E-state index is 0.765. The third-order valence-corrected chi connectivity index (χ3v) is 2.59. The van der Waals surface area contributed by atoms with E-state index in [-0.39, 0.29) is 0 Å². The summed E-state index contributed by atoms with van der Waals surface area (Å²) in [7, 11) is 0. The predicted molar refractivity (Wildman–Crippen MR) is 62.0 cm³/mol. The van der Waals surface area contributed by atoms with Gasteiger partial charge in [-0.3, -0.25) is 4.99 Å². The number of hydrogen-bond donors (Lipinski definition) is 0. The number of hydrogen-bond acceptors (Lipinski definition) is 2. The Hall–Kier alpha value is -0.470. The fraction of sp³-hybridized carbons (Fsp3) is 0.300. The van der Waals surface area contributed by atoms with Crippen molar-refractivity contribution < 1.29 is 0 Å². The maximum atomic E-state index is 5.79. The molecule has 1 nitrogen and oxygen atoms in total. The van der Waals surface area contributed by atoms with Gasteiger partial charge >= 0.3 is 0 Å². The summed E-state index contributed by atoms with van der Waals surface area (Å²) in [5.41, 5.74) is 1.14. The van der Waals surface area contributed by atoms with E-state index in [0.717, 1.165) is 22.2 Å². The van der Waals surface area contributed by atoms with Crippen LogP contribution in [0, 0.1) is 0 Å². The summed E-state index contributed by atoms with van der Waals surface area (Å²) in [6.45, 7) is 2.85. The summed E-state index contributed by atoms with van der Waals surface area (Å²) in [6, 6.07) is 7.76. The molecule has 0 saturated heterocycles. The van der Waals surface area contributed by atoms with Crippen molar-refractivity contribution in [3.8, 4) is 0 Å². The van der Waals surface area contributed by atoms with Crippen molar-refractivity contribution in [1.29, 1.82) is 0 Å². The number of nitrogens with zero attached hydrogens (tertiary/aromatic N) is 1. The summed E-state index contributed by atoms with van der Waals surface area (Å²) in [5.74, 6) is 0. The average molecular weight is 214 g/mol. The van der Waals surface area contributed by atoms with Gasteiger partial charge in [0, 0.05) is 17.1 Å². The highest BCUT2D eigenvalue weighted by atomic mass is 35.5. The molecule has 0 atom stereocenters. The van der Waals surface area contributed by atoms with Crippen molar-refractivity contribution >= 4 is 28.4 Å². The van der Waals surface area contributed by atoms with Gasteiger partial charge in [-0.05, 0) is 25.3 Å². The molecule has 0 fully saturated rings. The molecule has 0 heterocycles. The van der Waals surface area contributed by atoms with Gasteiger partial charge in [-0.15, -0.1) is 11.8 Å². The van der Waals surface area contributed by atoms with E-state index >= 15 is 0 Å². The van der Waals surface area contributed by atoms with Gasteiger partial charge in [-0.25, -0.2) is 0 Å². The smallest absolute Gasteiger partial charge is 0.0973 e. The van der Waals surface area contributed by atoms with E-state index in [1.165, 1.54) is 0 Å². The van der Waals surface area contributed by atoms with Crippen LogP contribution in [0.3, 0.4) is 0 Å². The van der Waals surface area contributed by atoms with Crippen molar-refractivity contribution in [2.75, 3.05) is 12.8 Å². The van der Waals surface area contributed by atoms with Gasteiger partial charge < -0.3 is 0 Å². The largest absolute Gasteiger partial charge is 0.278 e. The van der Waals surface area contributed by atoms with E-state index < -0.39 is 0 Å². The van der Waals surface area contributed by atoms with Crippen molar-refractivity contribution in [2.24, 2.45) is 4.99 Å². The summed E-state index contributed by atoms with van der Waals surface area (Å²) in [5, 5.41) is 1.83. The zero-order valence-corrected chi connectivity index (χ0v) is 9.32. The van der Waals surface area contributed by atoms with Gasteiger partial charge in [0.2, 0.25) is 0 Å². The van der Waals surface area contributed by atoms with Crippen LogP contribution in [0.2, 0.25) is 5.02 Å². The first kappa shape index (κ1) is 10.6. The minimum atomic E-state index is 0.765. The van der Waals surface area contributed by atoms with Gasteiger partial charge in [0.15, 0.2) is 0 Å². The molecule has 0 aromatic heterocycles. The Morgan fingerprint density at radius 2 is 2.00 bits per heavy atom. The van der Waals surface area contributed by atoms with E-state index in [9.17, 15) is 0 Å². The third kappa shape index (κ3) is 3.05. The standard InChI is InChI=1S/C10H12ClNS/c1-3-12-10(13-2)8-4-6-9(11)7-5-8/h4-7H,3H2,1-2H3/b12-10+. The first-order valence-electron chi connectivity index (χ1n) is 4.12. The lowest BCUT2D eigenvalue weighted by atomic mass is 10.2. The quantitative estimate of drug-likeness (QED) is 0.541. The Labute approximate surface area is 88.2 Å². The summed E-state index contributed by atoms with van der Waals surface area (Å²) < 4.78 is 0. The average Bonchev–Trinajstić information content (AvgIpc) is 2.16. The predicted octanol–water partition coefficient (Wildman–Crippen LogP) is 3.47. The topological polar surface area (TPSA) is 12.4 Å². The maximum Gasteiger partial charge on any atom is 0.0973 e. The van der Waals surface area contributed by atoms with Crippen molar-refractivity contribution in [3.05, 3.63) is 34.9 Å². The van der Waals surface area contributed by atoms with Crippen LogP contribution in [0.5, 0.6) is 0 Å². The SMILES string of the molecule is CC/N=C(/SC)c1ccc(Cl)cc1. The van der Waals surface area contributed by atoms with Gasteiger partial charge in [0.25, 0.3) is 0 Å². The molecule has 0 radical (unpaired) electrons. The second-order valence-electron chi connectivity index (χ2n) is 2.49. The van der Waals surface area contributed by atoms with E-state index in [1.54, 1.807) is 11.8 Å². The van der Waals surface area contributed by atoms with Crippen molar-refractivity contribution in [3.63, 3.8) is 0 Å². The molecule has 0 saturated carbocycles. The first-order chi connectivity index (χ1) is 6.27. The Morgan fingerprint density at radius 3 is 2.46 bits per heavy atom. The molecule has 70 valence electrons. The monoisotopic (exact) mass is 213 g/mol. The van der Waals surface area contributed by atoms with Crippen LogP contribution in [0.15, 0.2) is 29.3 Å². The highest BCUT2D eigenvalue weighted by Crippen LogP contribution is 2.14. The van der Waals surface area contributed by atoms with Crippen molar-refractivity contribution in [1.82, 2.24) is 0 Å². The molecular formula is C10H12ClNS. The van der Waals surface area contributed by atoms with Crippen LogP contribution >= 0.6 is 23.4 Å². The van der Waals surface area contributed by atoms with Gasteiger partial charge in [-0.2, -0.15) is 0 Å². The summed E-state index contributed by atoms with van der Waals surface area (Å²) >= 11 is 7.45. The number of halogens is 1. The highest BCUT2D eigenvalue weighted by molar-refractivity contribution is 8.13. The lowest BCUT2D eigenvalue weighted by Crippen LogP contribution is -1.94. The van der Waals surface area contributed by atoms with Gasteiger partial charge in [0.05, 0.1) is 5.04 Å². The highest BCUT2D eigenvalue weighted by Gasteiger charge is 1.99. The molecule has 13 heavy (non-hydrogen) atoms. The number of thioether (sulfide) groups is 1. The molecule has 0 aliphatic rings. The summed E-state index contributed by atoms with van der Waals surface area (Å²) in [6.07, 6.45) is 2.03. The van der Waals surface area contributed by atoms with E-state index in [4.69, 9.17) is 11.6 Å². The van der Waals surface area contributed by atoms with Crippen LogP contribution in [0.4, 0.5) is 0 Å². The molecule has 3 heteroatoms. The third-order valence-electron chi connectivity index (χ3n) is 1.59. The maximum absolute atomic E-state index is 5.79. The minimum Gasteiger partial charge on any atom is -0.278 e.